The van der Waals surface area contributed by atoms with E-state index in [1.165, 1.54) is 18.5 Å². The average Bonchev–Trinajstić information content (AvgIpc) is 3.05. The van der Waals surface area contributed by atoms with E-state index < -0.39 is 0 Å². The molecule has 1 aromatic heterocycles. The number of hydrogen-bond donors (Lipinski definition) is 1. The fraction of sp³-hybridized carbons (Fsp3) is 0.238. The zero-order valence-electron chi connectivity index (χ0n) is 15.3. The summed E-state index contributed by atoms with van der Waals surface area (Å²) in [6.07, 6.45) is 1.52. The highest BCUT2D eigenvalue weighted by molar-refractivity contribution is 6.20. The number of nitrogens with zero attached hydrogens (tertiary/aromatic N) is 4. The Balaban J connectivity index is 1.74. The third-order valence-corrected chi connectivity index (χ3v) is 5.55. The minimum absolute atomic E-state index is 0.0133. The normalized spacial score (nSPS) is 20.8. The highest BCUT2D eigenvalue weighted by Gasteiger charge is 2.39. The maximum absolute atomic E-state index is 13.5. The molecular weight excluding hydrogens is 357 g/mol. The van der Waals surface area contributed by atoms with Crippen molar-refractivity contribution in [1.82, 2.24) is 14.8 Å². The van der Waals surface area contributed by atoms with Crippen molar-refractivity contribution in [3.8, 4) is 0 Å². The smallest absolute Gasteiger partial charge is 0.184 e. The SMILES string of the molecule is Cn1ncnc1C1C2=NCC(=O)c3cccc(c32)NCC1c1ccc(F)cc1. The van der Waals surface area contributed by atoms with Gasteiger partial charge in [-0.25, -0.2) is 9.37 Å². The molecule has 2 atom stereocenters. The molecule has 140 valence electrons. The second-order valence-electron chi connectivity index (χ2n) is 7.11. The molecule has 2 aliphatic rings. The first-order chi connectivity index (χ1) is 13.6. The molecule has 3 aromatic rings. The van der Waals surface area contributed by atoms with Gasteiger partial charge in [-0.3, -0.25) is 14.5 Å². The van der Waals surface area contributed by atoms with Crippen LogP contribution in [0.15, 0.2) is 53.8 Å². The summed E-state index contributed by atoms with van der Waals surface area (Å²) in [5, 5.41) is 7.72. The first-order valence-electron chi connectivity index (χ1n) is 9.17. The van der Waals surface area contributed by atoms with E-state index in [2.05, 4.69) is 20.4 Å². The van der Waals surface area contributed by atoms with Crippen LogP contribution in [0.25, 0.3) is 0 Å². The summed E-state index contributed by atoms with van der Waals surface area (Å²) >= 11 is 0. The van der Waals surface area contributed by atoms with E-state index >= 15 is 0 Å². The van der Waals surface area contributed by atoms with Crippen molar-refractivity contribution < 1.29 is 9.18 Å². The molecule has 2 unspecified atom stereocenters. The summed E-state index contributed by atoms with van der Waals surface area (Å²) in [6, 6.07) is 12.2. The number of aromatic nitrogens is 3. The van der Waals surface area contributed by atoms with E-state index in [1.54, 1.807) is 16.8 Å². The lowest BCUT2D eigenvalue weighted by Crippen LogP contribution is -2.29. The summed E-state index contributed by atoms with van der Waals surface area (Å²) in [6.45, 7) is 0.725. The van der Waals surface area contributed by atoms with Crippen molar-refractivity contribution in [2.45, 2.75) is 11.8 Å². The van der Waals surface area contributed by atoms with Crippen LogP contribution in [-0.2, 0) is 7.05 Å². The zero-order chi connectivity index (χ0) is 19.3. The minimum Gasteiger partial charge on any atom is -0.384 e. The Kier molecular flexibility index (Phi) is 3.82. The van der Waals surface area contributed by atoms with Gasteiger partial charge < -0.3 is 5.32 Å². The molecule has 3 heterocycles. The van der Waals surface area contributed by atoms with Gasteiger partial charge >= 0.3 is 0 Å². The van der Waals surface area contributed by atoms with E-state index in [9.17, 15) is 9.18 Å². The lowest BCUT2D eigenvalue weighted by molar-refractivity contribution is 0.1000. The Bertz CT molecular complexity index is 1100. The van der Waals surface area contributed by atoms with Crippen molar-refractivity contribution >= 4 is 17.2 Å². The summed E-state index contributed by atoms with van der Waals surface area (Å²) in [4.78, 5) is 21.7. The average molecular weight is 375 g/mol. The van der Waals surface area contributed by atoms with Crippen molar-refractivity contribution in [3.63, 3.8) is 0 Å². The van der Waals surface area contributed by atoms with Gasteiger partial charge in [0.05, 0.1) is 11.6 Å². The number of aliphatic imine (C=N–C) groups is 1. The number of hydrogen-bond acceptors (Lipinski definition) is 5. The Hall–Kier alpha value is -3.35. The van der Waals surface area contributed by atoms with E-state index in [4.69, 9.17) is 0 Å². The summed E-state index contributed by atoms with van der Waals surface area (Å²) in [5.41, 5.74) is 4.23. The fourth-order valence-electron chi connectivity index (χ4n) is 4.22. The van der Waals surface area contributed by atoms with Crippen LogP contribution in [0.5, 0.6) is 0 Å². The molecule has 2 aliphatic heterocycles. The van der Waals surface area contributed by atoms with Gasteiger partial charge in [0, 0.05) is 36.3 Å². The Morgan fingerprint density at radius 1 is 1.18 bits per heavy atom. The van der Waals surface area contributed by atoms with Crippen molar-refractivity contribution in [2.24, 2.45) is 12.0 Å². The number of ketones is 1. The highest BCUT2D eigenvalue weighted by Crippen LogP contribution is 2.42. The van der Waals surface area contributed by atoms with Crippen LogP contribution in [-0.4, -0.2) is 39.3 Å². The number of nitrogens with one attached hydrogen (secondary N) is 1. The van der Waals surface area contributed by atoms with Crippen LogP contribution < -0.4 is 5.32 Å². The Morgan fingerprint density at radius 3 is 2.75 bits per heavy atom. The Morgan fingerprint density at radius 2 is 2.00 bits per heavy atom. The number of halogens is 1. The van der Waals surface area contributed by atoms with Crippen LogP contribution in [0.2, 0.25) is 0 Å². The van der Waals surface area contributed by atoms with Gasteiger partial charge in [-0.15, -0.1) is 0 Å². The number of Topliss-reactive ketones (excluding diaryl/α,β-unsaturated/α-hetero) is 1. The topological polar surface area (TPSA) is 72.2 Å². The van der Waals surface area contributed by atoms with Gasteiger partial charge in [0.25, 0.3) is 0 Å². The van der Waals surface area contributed by atoms with Crippen molar-refractivity contribution in [2.75, 3.05) is 18.4 Å². The maximum Gasteiger partial charge on any atom is 0.184 e. The lowest BCUT2D eigenvalue weighted by Gasteiger charge is -2.27. The number of carbonyl (C=O) groups excluding carboxylic acids is 1. The molecule has 0 saturated carbocycles. The number of aryl methyl sites for hydroxylation is 1. The third kappa shape index (κ3) is 2.54. The number of benzene rings is 2. The first kappa shape index (κ1) is 16.8. The molecule has 7 heteroatoms. The zero-order valence-corrected chi connectivity index (χ0v) is 15.3. The van der Waals surface area contributed by atoms with Crippen LogP contribution in [0.4, 0.5) is 10.1 Å². The van der Waals surface area contributed by atoms with E-state index in [0.29, 0.717) is 12.1 Å². The molecule has 0 bridgehead atoms. The van der Waals surface area contributed by atoms with Crippen LogP contribution in [0, 0.1) is 5.82 Å². The predicted octanol–water partition coefficient (Wildman–Crippen LogP) is 2.93. The van der Waals surface area contributed by atoms with E-state index in [0.717, 1.165) is 28.4 Å². The van der Waals surface area contributed by atoms with Crippen LogP contribution in [0.1, 0.15) is 39.1 Å². The van der Waals surface area contributed by atoms with Crippen molar-refractivity contribution in [1.29, 1.82) is 0 Å². The number of anilines is 1. The standard InChI is InChI=1S/C21H18FN5O/c1-27-21(25-11-26-27)19-15(12-5-7-13(22)8-6-12)9-23-16-4-2-3-14-17(28)10-24-20(19)18(14)16/h2-8,11,15,19,23H,9-10H2,1H3. The third-order valence-electron chi connectivity index (χ3n) is 5.55. The molecule has 1 N–H and O–H groups in total. The van der Waals surface area contributed by atoms with Gasteiger partial charge in [0.15, 0.2) is 5.78 Å². The second-order valence-corrected chi connectivity index (χ2v) is 7.11. The molecule has 0 fully saturated rings. The van der Waals surface area contributed by atoms with Gasteiger partial charge in [-0.2, -0.15) is 5.10 Å². The Labute approximate surface area is 161 Å². The van der Waals surface area contributed by atoms with Gasteiger partial charge in [-0.1, -0.05) is 24.3 Å². The summed E-state index contributed by atoms with van der Waals surface area (Å²) in [7, 11) is 1.85. The summed E-state index contributed by atoms with van der Waals surface area (Å²) < 4.78 is 15.3. The molecule has 5 rings (SSSR count). The molecule has 2 aromatic carbocycles. The molecule has 28 heavy (non-hydrogen) atoms. The number of rotatable bonds is 2. The fourth-order valence-corrected chi connectivity index (χ4v) is 4.22. The van der Waals surface area contributed by atoms with Gasteiger partial charge in [0.2, 0.25) is 0 Å². The highest BCUT2D eigenvalue weighted by atomic mass is 19.1. The van der Waals surface area contributed by atoms with E-state index in [-0.39, 0.29) is 30.0 Å². The predicted molar refractivity (Wildman–Crippen MR) is 104 cm³/mol. The molecule has 0 amide bonds. The molecule has 0 saturated heterocycles. The van der Waals surface area contributed by atoms with Crippen molar-refractivity contribution in [3.05, 3.63) is 77.1 Å². The summed E-state index contributed by atoms with van der Waals surface area (Å²) in [5.74, 6) is 0.259. The lowest BCUT2D eigenvalue weighted by atomic mass is 9.79. The minimum atomic E-state index is -0.272. The van der Waals surface area contributed by atoms with Gasteiger partial charge in [-0.05, 0) is 23.8 Å². The molecule has 0 aliphatic carbocycles. The molecular formula is C21H18FN5O. The molecule has 0 spiro atoms. The number of carbonyl (C=O) groups is 1. The second kappa shape index (κ2) is 6.37. The largest absolute Gasteiger partial charge is 0.384 e. The van der Waals surface area contributed by atoms with E-state index in [1.807, 2.05) is 25.2 Å². The molecule has 0 radical (unpaired) electrons. The quantitative estimate of drug-likeness (QED) is 0.748. The first-order valence-corrected chi connectivity index (χ1v) is 9.17. The molecule has 6 nitrogen and oxygen atoms in total. The van der Waals surface area contributed by atoms with Crippen LogP contribution >= 0.6 is 0 Å². The van der Waals surface area contributed by atoms with Crippen LogP contribution in [0.3, 0.4) is 0 Å². The maximum atomic E-state index is 13.5. The monoisotopic (exact) mass is 375 g/mol. The van der Waals surface area contributed by atoms with Gasteiger partial charge in [0.1, 0.15) is 24.5 Å².